The molecule has 0 fully saturated rings. The minimum absolute atomic E-state index is 0.388. The Morgan fingerprint density at radius 2 is 1.64 bits per heavy atom. The molecular formula is C23H21N5O2S3. The maximum Gasteiger partial charge on any atom is 0.281 e. The lowest BCUT2D eigenvalue weighted by molar-refractivity contribution is 0.0848. The van der Waals surface area contributed by atoms with Gasteiger partial charge in [-0.15, -0.1) is 11.3 Å². The molecule has 0 saturated heterocycles. The van der Waals surface area contributed by atoms with Gasteiger partial charge in [0.25, 0.3) is 11.8 Å². The molecule has 0 saturated carbocycles. The van der Waals surface area contributed by atoms with Crippen molar-refractivity contribution in [3.05, 3.63) is 80.2 Å². The fourth-order valence-corrected chi connectivity index (χ4v) is 5.60. The second-order valence-electron chi connectivity index (χ2n) is 7.27. The molecule has 10 heteroatoms. The Bertz CT molecular complexity index is 1260. The summed E-state index contributed by atoms with van der Waals surface area (Å²) in [5, 5.41) is 5.47. The van der Waals surface area contributed by atoms with Gasteiger partial charge in [0.2, 0.25) is 0 Å². The van der Waals surface area contributed by atoms with Crippen LogP contribution < -0.4 is 10.9 Å². The van der Waals surface area contributed by atoms with E-state index in [9.17, 15) is 9.59 Å². The van der Waals surface area contributed by atoms with Crippen molar-refractivity contribution >= 4 is 46.2 Å². The van der Waals surface area contributed by atoms with Gasteiger partial charge >= 0.3 is 0 Å². The molecule has 168 valence electrons. The van der Waals surface area contributed by atoms with Gasteiger partial charge in [0.1, 0.15) is 9.88 Å². The summed E-state index contributed by atoms with van der Waals surface area (Å²) >= 11 is 4.42. The Labute approximate surface area is 203 Å². The lowest BCUT2D eigenvalue weighted by Gasteiger charge is -2.08. The number of rotatable bonds is 6. The van der Waals surface area contributed by atoms with Crippen LogP contribution in [0, 0.1) is 20.8 Å². The SMILES string of the molecule is Cc1cc(C)nc(SCc2ccc(C(=O)NNC(=O)c3sc(-c4ccsc4)nc3C)cc2)n1. The smallest absolute Gasteiger partial charge is 0.267 e. The molecule has 2 amide bonds. The third-order valence-electron chi connectivity index (χ3n) is 4.61. The van der Waals surface area contributed by atoms with E-state index in [1.165, 1.54) is 11.3 Å². The van der Waals surface area contributed by atoms with Crippen molar-refractivity contribution in [3.8, 4) is 10.6 Å². The zero-order valence-corrected chi connectivity index (χ0v) is 20.7. The van der Waals surface area contributed by atoms with Gasteiger partial charge in [0.15, 0.2) is 5.16 Å². The number of benzene rings is 1. The van der Waals surface area contributed by atoms with E-state index in [2.05, 4.69) is 25.8 Å². The number of nitrogens with zero attached hydrogens (tertiary/aromatic N) is 3. The molecule has 1 aromatic carbocycles. The van der Waals surface area contributed by atoms with Crippen LogP contribution in [0.15, 0.2) is 52.3 Å². The number of aromatic nitrogens is 3. The van der Waals surface area contributed by atoms with Gasteiger partial charge in [0, 0.05) is 33.6 Å². The van der Waals surface area contributed by atoms with E-state index in [1.54, 1.807) is 42.2 Å². The third kappa shape index (κ3) is 5.84. The highest BCUT2D eigenvalue weighted by molar-refractivity contribution is 7.98. The predicted molar refractivity (Wildman–Crippen MR) is 133 cm³/mol. The standard InChI is InChI=1S/C23H21N5O2S3/c1-13-10-14(2)25-23(24-13)32-11-16-4-6-17(7-5-16)20(29)27-28-21(30)19-15(3)26-22(33-19)18-8-9-31-12-18/h4-10,12H,11H2,1-3H3,(H,27,29)(H,28,30). The fraction of sp³-hybridized carbons (Fsp3) is 0.174. The highest BCUT2D eigenvalue weighted by atomic mass is 32.2. The molecule has 0 aliphatic carbocycles. The van der Waals surface area contributed by atoms with Crippen molar-refractivity contribution in [2.45, 2.75) is 31.7 Å². The van der Waals surface area contributed by atoms with E-state index in [4.69, 9.17) is 0 Å². The van der Waals surface area contributed by atoms with Crippen LogP contribution in [0.2, 0.25) is 0 Å². The Balaban J connectivity index is 1.32. The lowest BCUT2D eigenvalue weighted by atomic mass is 10.1. The maximum atomic E-state index is 12.5. The molecule has 0 bridgehead atoms. The summed E-state index contributed by atoms with van der Waals surface area (Å²) < 4.78 is 0. The molecule has 3 aromatic heterocycles. The first kappa shape index (κ1) is 23.1. The maximum absolute atomic E-state index is 12.5. The minimum atomic E-state index is -0.388. The van der Waals surface area contributed by atoms with E-state index >= 15 is 0 Å². The summed E-state index contributed by atoms with van der Waals surface area (Å²) in [7, 11) is 0. The van der Waals surface area contributed by atoms with Crippen molar-refractivity contribution in [1.82, 2.24) is 25.8 Å². The molecular weight excluding hydrogens is 474 g/mol. The first-order chi connectivity index (χ1) is 15.9. The van der Waals surface area contributed by atoms with E-state index in [-0.39, 0.29) is 11.8 Å². The van der Waals surface area contributed by atoms with Crippen LogP contribution in [0.1, 0.15) is 42.7 Å². The fourth-order valence-electron chi connectivity index (χ4n) is 3.02. The van der Waals surface area contributed by atoms with Gasteiger partial charge < -0.3 is 0 Å². The topological polar surface area (TPSA) is 96.9 Å². The number of thiophene rings is 1. The molecule has 0 aliphatic heterocycles. The molecule has 0 radical (unpaired) electrons. The molecule has 33 heavy (non-hydrogen) atoms. The van der Waals surface area contributed by atoms with Gasteiger partial charge in [-0.25, -0.2) is 15.0 Å². The molecule has 0 spiro atoms. The van der Waals surface area contributed by atoms with Crippen LogP contribution in [0.3, 0.4) is 0 Å². The summed E-state index contributed by atoms with van der Waals surface area (Å²) in [6.07, 6.45) is 0. The zero-order chi connectivity index (χ0) is 23.4. The highest BCUT2D eigenvalue weighted by Crippen LogP contribution is 2.29. The summed E-state index contributed by atoms with van der Waals surface area (Å²) in [5.41, 5.74) is 9.95. The van der Waals surface area contributed by atoms with Crippen molar-refractivity contribution in [2.75, 3.05) is 0 Å². The monoisotopic (exact) mass is 495 g/mol. The van der Waals surface area contributed by atoms with Crippen LogP contribution in [0.5, 0.6) is 0 Å². The van der Waals surface area contributed by atoms with Crippen molar-refractivity contribution in [2.24, 2.45) is 0 Å². The number of hydrogen-bond donors (Lipinski definition) is 2. The minimum Gasteiger partial charge on any atom is -0.267 e. The number of hydrogen-bond acceptors (Lipinski definition) is 8. The molecule has 3 heterocycles. The van der Waals surface area contributed by atoms with Gasteiger partial charge in [-0.1, -0.05) is 23.9 Å². The second-order valence-corrected chi connectivity index (χ2v) is 9.99. The Morgan fingerprint density at radius 3 is 2.30 bits per heavy atom. The number of carbonyl (C=O) groups is 2. The van der Waals surface area contributed by atoms with E-state index in [1.807, 2.05) is 48.9 Å². The summed E-state index contributed by atoms with van der Waals surface area (Å²) in [6, 6.07) is 11.1. The summed E-state index contributed by atoms with van der Waals surface area (Å²) in [5.74, 6) is -0.0831. The average molecular weight is 496 g/mol. The van der Waals surface area contributed by atoms with Crippen molar-refractivity contribution in [3.63, 3.8) is 0 Å². The molecule has 0 aliphatic rings. The van der Waals surface area contributed by atoms with Gasteiger partial charge in [-0.05, 0) is 56.0 Å². The highest BCUT2D eigenvalue weighted by Gasteiger charge is 2.17. The number of thiazole rings is 1. The first-order valence-corrected chi connectivity index (χ1v) is 12.8. The molecule has 4 aromatic rings. The predicted octanol–water partition coefficient (Wildman–Crippen LogP) is 4.95. The molecule has 0 atom stereocenters. The number of carbonyl (C=O) groups excluding carboxylic acids is 2. The second kappa shape index (κ2) is 10.2. The molecule has 4 rings (SSSR count). The van der Waals surface area contributed by atoms with Crippen LogP contribution in [-0.4, -0.2) is 26.8 Å². The van der Waals surface area contributed by atoms with Gasteiger partial charge in [0.05, 0.1) is 5.69 Å². The van der Waals surface area contributed by atoms with E-state index in [0.29, 0.717) is 21.9 Å². The van der Waals surface area contributed by atoms with Gasteiger partial charge in [-0.3, -0.25) is 20.4 Å². The lowest BCUT2D eigenvalue weighted by Crippen LogP contribution is -2.41. The average Bonchev–Trinajstić information content (AvgIpc) is 3.45. The Hall–Kier alpha value is -3.08. The summed E-state index contributed by atoms with van der Waals surface area (Å²) in [6.45, 7) is 5.68. The number of amides is 2. The zero-order valence-electron chi connectivity index (χ0n) is 18.2. The van der Waals surface area contributed by atoms with Crippen LogP contribution in [0.4, 0.5) is 0 Å². The molecule has 7 nitrogen and oxygen atoms in total. The Morgan fingerprint density at radius 1 is 0.939 bits per heavy atom. The normalized spacial score (nSPS) is 10.8. The van der Waals surface area contributed by atoms with Crippen LogP contribution in [-0.2, 0) is 5.75 Å². The number of aryl methyl sites for hydroxylation is 3. The van der Waals surface area contributed by atoms with Crippen LogP contribution in [0.25, 0.3) is 10.6 Å². The molecule has 0 unspecified atom stereocenters. The van der Waals surface area contributed by atoms with E-state index in [0.717, 1.165) is 32.7 Å². The third-order valence-corrected chi connectivity index (χ3v) is 7.41. The Kier molecular flexibility index (Phi) is 7.17. The van der Waals surface area contributed by atoms with Crippen molar-refractivity contribution in [1.29, 1.82) is 0 Å². The number of thioether (sulfide) groups is 1. The summed E-state index contributed by atoms with van der Waals surface area (Å²) in [4.78, 5) is 38.8. The van der Waals surface area contributed by atoms with E-state index < -0.39 is 0 Å². The first-order valence-electron chi connectivity index (χ1n) is 10.0. The molecule has 2 N–H and O–H groups in total. The quantitative estimate of drug-likeness (QED) is 0.223. The largest absolute Gasteiger partial charge is 0.281 e. The van der Waals surface area contributed by atoms with Crippen molar-refractivity contribution < 1.29 is 9.59 Å². The number of hydrazine groups is 1. The number of nitrogens with one attached hydrogen (secondary N) is 2. The van der Waals surface area contributed by atoms with Gasteiger partial charge in [-0.2, -0.15) is 11.3 Å². The van der Waals surface area contributed by atoms with Crippen LogP contribution >= 0.6 is 34.4 Å².